The van der Waals surface area contributed by atoms with Gasteiger partial charge in [-0.1, -0.05) is 6.07 Å². The molecule has 1 fully saturated rings. The Bertz CT molecular complexity index is 391. The first-order valence-corrected chi connectivity index (χ1v) is 6.36. The largest absolute Gasteiger partial charge is 0.380 e. The Balaban J connectivity index is 2.10. The highest BCUT2D eigenvalue weighted by atomic mass is 19.1. The van der Waals surface area contributed by atoms with Crippen LogP contribution in [0.25, 0.3) is 0 Å². The zero-order valence-electron chi connectivity index (χ0n) is 10.7. The molecule has 1 aliphatic rings. The van der Waals surface area contributed by atoms with Gasteiger partial charge in [0.15, 0.2) is 0 Å². The molecule has 0 radical (unpaired) electrons. The van der Waals surface area contributed by atoms with Crippen LogP contribution in [0.2, 0.25) is 0 Å². The maximum atomic E-state index is 13.6. The minimum atomic E-state index is -0.498. The van der Waals surface area contributed by atoms with Crippen molar-refractivity contribution in [3.05, 3.63) is 35.4 Å². The SMILES string of the molecule is COC1CCCC1NC(C)c1c(F)cccc1F. The first kappa shape index (κ1) is 13.4. The maximum absolute atomic E-state index is 13.6. The predicted molar refractivity (Wildman–Crippen MR) is 66.3 cm³/mol. The van der Waals surface area contributed by atoms with E-state index < -0.39 is 11.6 Å². The Kier molecular flexibility index (Phi) is 4.30. The van der Waals surface area contributed by atoms with E-state index in [-0.39, 0.29) is 23.8 Å². The van der Waals surface area contributed by atoms with Crippen molar-refractivity contribution in [2.24, 2.45) is 0 Å². The van der Waals surface area contributed by atoms with Gasteiger partial charge in [-0.25, -0.2) is 8.78 Å². The number of methoxy groups -OCH3 is 1. The van der Waals surface area contributed by atoms with Gasteiger partial charge in [-0.3, -0.25) is 0 Å². The molecule has 3 unspecified atom stereocenters. The summed E-state index contributed by atoms with van der Waals surface area (Å²) in [7, 11) is 1.68. The first-order valence-electron chi connectivity index (χ1n) is 6.36. The van der Waals surface area contributed by atoms with Crippen molar-refractivity contribution in [3.63, 3.8) is 0 Å². The van der Waals surface area contributed by atoms with Gasteiger partial charge in [0.25, 0.3) is 0 Å². The van der Waals surface area contributed by atoms with E-state index in [1.807, 2.05) is 0 Å². The van der Waals surface area contributed by atoms with Gasteiger partial charge in [-0.15, -0.1) is 0 Å². The molecule has 2 nitrogen and oxygen atoms in total. The van der Waals surface area contributed by atoms with Crippen molar-refractivity contribution in [1.82, 2.24) is 5.32 Å². The van der Waals surface area contributed by atoms with Crippen LogP contribution in [0.3, 0.4) is 0 Å². The molecule has 0 saturated heterocycles. The summed E-state index contributed by atoms with van der Waals surface area (Å²) in [5.41, 5.74) is 0.110. The third kappa shape index (κ3) is 2.70. The summed E-state index contributed by atoms with van der Waals surface area (Å²) in [5, 5.41) is 3.27. The second kappa shape index (κ2) is 5.76. The van der Waals surface area contributed by atoms with E-state index in [0.29, 0.717) is 0 Å². The van der Waals surface area contributed by atoms with Gasteiger partial charge in [0, 0.05) is 24.8 Å². The van der Waals surface area contributed by atoms with Gasteiger partial charge in [0.2, 0.25) is 0 Å². The van der Waals surface area contributed by atoms with Crippen molar-refractivity contribution in [2.75, 3.05) is 7.11 Å². The molecule has 4 heteroatoms. The van der Waals surface area contributed by atoms with Gasteiger partial charge in [-0.2, -0.15) is 0 Å². The monoisotopic (exact) mass is 255 g/mol. The lowest BCUT2D eigenvalue weighted by atomic mass is 10.0. The Morgan fingerprint density at radius 3 is 2.56 bits per heavy atom. The van der Waals surface area contributed by atoms with E-state index in [2.05, 4.69) is 5.32 Å². The fourth-order valence-electron chi connectivity index (χ4n) is 2.73. The van der Waals surface area contributed by atoms with Crippen LogP contribution in [0.15, 0.2) is 18.2 Å². The van der Waals surface area contributed by atoms with Crippen molar-refractivity contribution in [1.29, 1.82) is 0 Å². The topological polar surface area (TPSA) is 21.3 Å². The van der Waals surface area contributed by atoms with Gasteiger partial charge in [0.1, 0.15) is 11.6 Å². The molecule has 1 aromatic carbocycles. The van der Waals surface area contributed by atoms with Gasteiger partial charge >= 0.3 is 0 Å². The van der Waals surface area contributed by atoms with E-state index in [1.165, 1.54) is 18.2 Å². The summed E-state index contributed by atoms with van der Waals surface area (Å²) in [5.74, 6) is -0.996. The molecule has 3 atom stereocenters. The third-order valence-electron chi connectivity index (χ3n) is 3.65. The minimum absolute atomic E-state index is 0.110. The molecular weight excluding hydrogens is 236 g/mol. The van der Waals surface area contributed by atoms with Crippen LogP contribution in [0.1, 0.15) is 37.8 Å². The predicted octanol–water partition coefficient (Wildman–Crippen LogP) is 3.18. The summed E-state index contributed by atoms with van der Waals surface area (Å²) >= 11 is 0. The fourth-order valence-corrected chi connectivity index (χ4v) is 2.73. The number of halogens is 2. The fraction of sp³-hybridized carbons (Fsp3) is 0.571. The number of hydrogen-bond acceptors (Lipinski definition) is 2. The van der Waals surface area contributed by atoms with Crippen molar-refractivity contribution < 1.29 is 13.5 Å². The number of benzene rings is 1. The highest BCUT2D eigenvalue weighted by Crippen LogP contribution is 2.26. The normalized spacial score (nSPS) is 25.3. The maximum Gasteiger partial charge on any atom is 0.130 e. The molecule has 100 valence electrons. The average Bonchev–Trinajstić information content (AvgIpc) is 2.76. The standard InChI is InChI=1S/C14H19F2NO/c1-9(14-10(15)5-3-6-11(14)16)17-12-7-4-8-13(12)18-2/h3,5-6,9,12-13,17H,4,7-8H2,1-2H3. The number of nitrogens with one attached hydrogen (secondary N) is 1. The lowest BCUT2D eigenvalue weighted by Gasteiger charge is -2.24. The quantitative estimate of drug-likeness (QED) is 0.892. The molecule has 1 N–H and O–H groups in total. The molecule has 1 aliphatic carbocycles. The van der Waals surface area contributed by atoms with Crippen LogP contribution in [0.5, 0.6) is 0 Å². The lowest BCUT2D eigenvalue weighted by molar-refractivity contribution is 0.0816. The van der Waals surface area contributed by atoms with E-state index in [0.717, 1.165) is 19.3 Å². The first-order chi connectivity index (χ1) is 8.63. The van der Waals surface area contributed by atoms with Gasteiger partial charge in [0.05, 0.1) is 6.10 Å². The van der Waals surface area contributed by atoms with Crippen LogP contribution in [-0.4, -0.2) is 19.3 Å². The summed E-state index contributed by atoms with van der Waals surface area (Å²) in [6.45, 7) is 1.78. The van der Waals surface area contributed by atoms with Crippen molar-refractivity contribution in [3.8, 4) is 0 Å². The van der Waals surface area contributed by atoms with Gasteiger partial charge < -0.3 is 10.1 Å². The second-order valence-electron chi connectivity index (χ2n) is 4.84. The molecule has 18 heavy (non-hydrogen) atoms. The zero-order valence-corrected chi connectivity index (χ0v) is 10.7. The number of ether oxygens (including phenoxy) is 1. The molecule has 0 spiro atoms. The Morgan fingerprint density at radius 1 is 1.28 bits per heavy atom. The van der Waals surface area contributed by atoms with Gasteiger partial charge in [-0.05, 0) is 38.3 Å². The molecule has 0 heterocycles. The third-order valence-corrected chi connectivity index (χ3v) is 3.65. The van der Waals surface area contributed by atoms with E-state index in [4.69, 9.17) is 4.74 Å². The van der Waals surface area contributed by atoms with E-state index >= 15 is 0 Å². The zero-order chi connectivity index (χ0) is 13.1. The van der Waals surface area contributed by atoms with E-state index in [1.54, 1.807) is 14.0 Å². The van der Waals surface area contributed by atoms with Crippen LogP contribution < -0.4 is 5.32 Å². The molecule has 0 bridgehead atoms. The second-order valence-corrected chi connectivity index (χ2v) is 4.84. The molecule has 1 aromatic rings. The van der Waals surface area contributed by atoms with Crippen LogP contribution in [0.4, 0.5) is 8.78 Å². The Morgan fingerprint density at radius 2 is 1.94 bits per heavy atom. The minimum Gasteiger partial charge on any atom is -0.380 e. The summed E-state index contributed by atoms with van der Waals surface area (Å²) < 4.78 is 32.7. The molecule has 0 aromatic heterocycles. The highest BCUT2D eigenvalue weighted by molar-refractivity contribution is 5.23. The smallest absolute Gasteiger partial charge is 0.130 e. The Labute approximate surface area is 106 Å². The molecule has 1 saturated carbocycles. The summed E-state index contributed by atoms with van der Waals surface area (Å²) in [6, 6.07) is 3.78. The molecular formula is C14H19F2NO. The highest BCUT2D eigenvalue weighted by Gasteiger charge is 2.29. The van der Waals surface area contributed by atoms with Crippen molar-refractivity contribution >= 4 is 0 Å². The summed E-state index contributed by atoms with van der Waals surface area (Å²) in [4.78, 5) is 0. The summed E-state index contributed by atoms with van der Waals surface area (Å²) in [6.07, 6.45) is 3.21. The molecule has 0 aliphatic heterocycles. The van der Waals surface area contributed by atoms with Crippen molar-refractivity contribution in [2.45, 2.75) is 44.4 Å². The van der Waals surface area contributed by atoms with Crippen LogP contribution in [0, 0.1) is 11.6 Å². The molecule has 0 amide bonds. The Hall–Kier alpha value is -1.00. The van der Waals surface area contributed by atoms with Crippen LogP contribution in [-0.2, 0) is 4.74 Å². The van der Waals surface area contributed by atoms with Crippen LogP contribution >= 0.6 is 0 Å². The van der Waals surface area contributed by atoms with E-state index in [9.17, 15) is 8.78 Å². The average molecular weight is 255 g/mol. The molecule has 2 rings (SSSR count). The number of hydrogen-bond donors (Lipinski definition) is 1. The number of rotatable bonds is 4. The lowest BCUT2D eigenvalue weighted by Crippen LogP contribution is -2.38.